The smallest absolute Gasteiger partial charge is 0.407 e. The summed E-state index contributed by atoms with van der Waals surface area (Å²) >= 11 is 0. The fraction of sp³-hybridized carbons (Fsp3) is 0.750. The number of amides is 1. The van der Waals surface area contributed by atoms with Crippen LogP contribution in [0.1, 0.15) is 40.5 Å². The maximum Gasteiger partial charge on any atom is 0.407 e. The summed E-state index contributed by atoms with van der Waals surface area (Å²) in [5, 5.41) is 12.1. The van der Waals surface area contributed by atoms with Crippen LogP contribution in [-0.4, -0.2) is 28.9 Å². The van der Waals surface area contributed by atoms with Crippen LogP contribution >= 0.6 is 0 Å². The third-order valence-corrected chi connectivity index (χ3v) is 2.01. The Kier molecular flexibility index (Phi) is 6.11. The molecule has 0 spiro atoms. The maximum absolute atomic E-state index is 11.5. The van der Waals surface area contributed by atoms with Gasteiger partial charge in [0, 0.05) is 6.04 Å². The summed E-state index contributed by atoms with van der Waals surface area (Å²) in [6, 6.07) is -0.0946. The Balaban J connectivity index is 4.12. The molecule has 0 rings (SSSR count). The molecule has 0 heterocycles. The number of rotatable bonds is 5. The van der Waals surface area contributed by atoms with Gasteiger partial charge in [-0.15, -0.1) is 6.58 Å². The van der Waals surface area contributed by atoms with Crippen LogP contribution in [0.15, 0.2) is 12.7 Å². The molecule has 4 heteroatoms. The van der Waals surface area contributed by atoms with Crippen molar-refractivity contribution in [2.75, 3.05) is 0 Å². The zero-order valence-corrected chi connectivity index (χ0v) is 10.6. The first kappa shape index (κ1) is 15.0. The van der Waals surface area contributed by atoms with Crippen molar-refractivity contribution in [2.45, 2.75) is 58.3 Å². The van der Waals surface area contributed by atoms with E-state index in [2.05, 4.69) is 11.9 Å². The SMILES string of the molecule is C=C[C@@H](O)C[C@H](CC)NC(=O)OC(C)(C)C. The largest absolute Gasteiger partial charge is 0.444 e. The van der Waals surface area contributed by atoms with Crippen LogP contribution in [0, 0.1) is 0 Å². The third-order valence-electron chi connectivity index (χ3n) is 2.01. The first-order valence-electron chi connectivity index (χ1n) is 5.58. The normalized spacial score (nSPS) is 15.1. The number of hydrogen-bond donors (Lipinski definition) is 2. The Morgan fingerprint density at radius 3 is 2.50 bits per heavy atom. The summed E-state index contributed by atoms with van der Waals surface area (Å²) < 4.78 is 5.13. The van der Waals surface area contributed by atoms with Crippen LogP contribution in [0.5, 0.6) is 0 Å². The van der Waals surface area contributed by atoms with Crippen LogP contribution in [0.3, 0.4) is 0 Å². The van der Waals surface area contributed by atoms with Crippen molar-refractivity contribution in [3.8, 4) is 0 Å². The van der Waals surface area contributed by atoms with Gasteiger partial charge in [-0.3, -0.25) is 0 Å². The topological polar surface area (TPSA) is 58.6 Å². The van der Waals surface area contributed by atoms with Gasteiger partial charge in [-0.1, -0.05) is 13.0 Å². The van der Waals surface area contributed by atoms with Crippen molar-refractivity contribution in [1.82, 2.24) is 5.32 Å². The Bertz CT molecular complexity index is 233. The molecule has 0 saturated carbocycles. The highest BCUT2D eigenvalue weighted by atomic mass is 16.6. The Labute approximate surface area is 97.7 Å². The standard InChI is InChI=1S/C12H23NO3/c1-6-9(8-10(14)7-2)13-11(15)16-12(3,4)5/h7,9-10,14H,2,6,8H2,1,3-5H3,(H,13,15)/t9-,10+/m0/s1. The van der Waals surface area contributed by atoms with Crippen molar-refractivity contribution in [2.24, 2.45) is 0 Å². The van der Waals surface area contributed by atoms with Gasteiger partial charge in [-0.05, 0) is 33.6 Å². The Morgan fingerprint density at radius 2 is 2.12 bits per heavy atom. The molecule has 0 saturated heterocycles. The summed E-state index contributed by atoms with van der Waals surface area (Å²) in [5.74, 6) is 0. The highest BCUT2D eigenvalue weighted by Gasteiger charge is 2.19. The van der Waals surface area contributed by atoms with E-state index in [0.29, 0.717) is 6.42 Å². The zero-order chi connectivity index (χ0) is 12.8. The number of carbonyl (C=O) groups excluding carboxylic acids is 1. The lowest BCUT2D eigenvalue weighted by molar-refractivity contribution is 0.0489. The molecule has 1 amide bonds. The monoisotopic (exact) mass is 229 g/mol. The van der Waals surface area contributed by atoms with Gasteiger partial charge in [0.25, 0.3) is 0 Å². The second kappa shape index (κ2) is 6.53. The fourth-order valence-electron chi connectivity index (χ4n) is 1.19. The molecule has 2 atom stereocenters. The molecule has 94 valence electrons. The summed E-state index contributed by atoms with van der Waals surface area (Å²) in [4.78, 5) is 11.5. The average molecular weight is 229 g/mol. The lowest BCUT2D eigenvalue weighted by Crippen LogP contribution is -2.40. The average Bonchev–Trinajstić information content (AvgIpc) is 2.13. The van der Waals surface area contributed by atoms with Crippen LogP contribution in [-0.2, 0) is 4.74 Å². The highest BCUT2D eigenvalue weighted by molar-refractivity contribution is 5.68. The summed E-state index contributed by atoms with van der Waals surface area (Å²) in [6.45, 7) is 10.9. The number of carbonyl (C=O) groups is 1. The number of nitrogens with one attached hydrogen (secondary N) is 1. The molecule has 0 fully saturated rings. The fourth-order valence-corrected chi connectivity index (χ4v) is 1.19. The van der Waals surface area contributed by atoms with Crippen LogP contribution < -0.4 is 5.32 Å². The molecule has 0 aliphatic heterocycles. The van der Waals surface area contributed by atoms with E-state index in [4.69, 9.17) is 4.74 Å². The molecule has 0 aliphatic rings. The van der Waals surface area contributed by atoms with Gasteiger partial charge in [0.1, 0.15) is 5.60 Å². The van der Waals surface area contributed by atoms with Crippen molar-refractivity contribution < 1.29 is 14.6 Å². The molecule has 0 aliphatic carbocycles. The zero-order valence-electron chi connectivity index (χ0n) is 10.6. The predicted octanol–water partition coefficient (Wildman–Crippen LogP) is 2.23. The molecule has 0 aromatic heterocycles. The maximum atomic E-state index is 11.5. The molecule has 16 heavy (non-hydrogen) atoms. The molecule has 2 N–H and O–H groups in total. The van der Waals surface area contributed by atoms with E-state index in [0.717, 1.165) is 6.42 Å². The first-order chi connectivity index (χ1) is 7.28. The molecule has 0 aromatic rings. The second-order valence-corrected chi connectivity index (χ2v) is 4.79. The van der Waals surface area contributed by atoms with Crippen LogP contribution in [0.4, 0.5) is 4.79 Å². The van der Waals surface area contributed by atoms with Gasteiger partial charge in [-0.25, -0.2) is 4.79 Å². The predicted molar refractivity (Wildman–Crippen MR) is 64.3 cm³/mol. The van der Waals surface area contributed by atoms with E-state index >= 15 is 0 Å². The van der Waals surface area contributed by atoms with Gasteiger partial charge in [0.2, 0.25) is 0 Å². The first-order valence-corrected chi connectivity index (χ1v) is 5.58. The van der Waals surface area contributed by atoms with E-state index in [1.54, 1.807) is 0 Å². The number of aliphatic hydroxyl groups excluding tert-OH is 1. The van der Waals surface area contributed by atoms with E-state index < -0.39 is 17.8 Å². The van der Waals surface area contributed by atoms with Gasteiger partial charge in [0.15, 0.2) is 0 Å². The van der Waals surface area contributed by atoms with E-state index in [1.807, 2.05) is 27.7 Å². The molecular formula is C12H23NO3. The Hall–Kier alpha value is -1.03. The molecule has 4 nitrogen and oxygen atoms in total. The Morgan fingerprint density at radius 1 is 1.56 bits per heavy atom. The van der Waals surface area contributed by atoms with E-state index in [9.17, 15) is 9.90 Å². The van der Waals surface area contributed by atoms with Gasteiger partial charge < -0.3 is 15.2 Å². The minimum atomic E-state index is -0.597. The molecule has 0 aromatic carbocycles. The van der Waals surface area contributed by atoms with Crippen molar-refractivity contribution in [1.29, 1.82) is 0 Å². The van der Waals surface area contributed by atoms with Crippen molar-refractivity contribution in [3.05, 3.63) is 12.7 Å². The van der Waals surface area contributed by atoms with E-state index in [-0.39, 0.29) is 6.04 Å². The summed E-state index contributed by atoms with van der Waals surface area (Å²) in [5.41, 5.74) is -0.501. The van der Waals surface area contributed by atoms with Gasteiger partial charge in [0.05, 0.1) is 6.10 Å². The minimum Gasteiger partial charge on any atom is -0.444 e. The highest BCUT2D eigenvalue weighted by Crippen LogP contribution is 2.09. The second-order valence-electron chi connectivity index (χ2n) is 4.79. The number of aliphatic hydroxyl groups is 1. The molecule has 0 bridgehead atoms. The number of ether oxygens (including phenoxy) is 1. The third kappa shape index (κ3) is 7.29. The summed E-state index contributed by atoms with van der Waals surface area (Å²) in [7, 11) is 0. The van der Waals surface area contributed by atoms with Gasteiger partial charge in [-0.2, -0.15) is 0 Å². The van der Waals surface area contributed by atoms with Crippen LogP contribution in [0.25, 0.3) is 0 Å². The lowest BCUT2D eigenvalue weighted by atomic mass is 10.1. The number of hydrogen-bond acceptors (Lipinski definition) is 3. The number of alkyl carbamates (subject to hydrolysis) is 1. The van der Waals surface area contributed by atoms with Crippen molar-refractivity contribution in [3.63, 3.8) is 0 Å². The summed E-state index contributed by atoms with van der Waals surface area (Å²) in [6.07, 6.45) is 1.61. The quantitative estimate of drug-likeness (QED) is 0.711. The minimum absolute atomic E-state index is 0.0946. The lowest BCUT2D eigenvalue weighted by Gasteiger charge is -2.23. The van der Waals surface area contributed by atoms with Crippen molar-refractivity contribution >= 4 is 6.09 Å². The molecule has 0 unspecified atom stereocenters. The van der Waals surface area contributed by atoms with Crippen LogP contribution in [0.2, 0.25) is 0 Å². The van der Waals surface area contributed by atoms with E-state index in [1.165, 1.54) is 6.08 Å². The van der Waals surface area contributed by atoms with Gasteiger partial charge >= 0.3 is 6.09 Å². The molecule has 0 radical (unpaired) electrons. The molecular weight excluding hydrogens is 206 g/mol.